The van der Waals surface area contributed by atoms with Gasteiger partial charge in [-0.2, -0.15) is 0 Å². The Morgan fingerprint density at radius 1 is 1.29 bits per heavy atom. The monoisotopic (exact) mass is 184 g/mol. The van der Waals surface area contributed by atoms with E-state index in [-0.39, 0.29) is 18.9 Å². The van der Waals surface area contributed by atoms with Crippen LogP contribution in [-0.4, -0.2) is 12.2 Å². The molecule has 0 spiro atoms. The topological polar surface area (TPSA) is 9.23 Å². The standard InChI is InChI=1S/C12H17O.Li/c1-3-11-13-12(4-2)9-7-5-6-8-10-12;/h3H,1,5-11H2;/q-1;+1. The van der Waals surface area contributed by atoms with E-state index < -0.39 is 5.60 Å². The van der Waals surface area contributed by atoms with E-state index >= 15 is 0 Å². The third-order valence-corrected chi connectivity index (χ3v) is 2.62. The van der Waals surface area contributed by atoms with Gasteiger partial charge in [0.1, 0.15) is 0 Å². The Hall–Kier alpha value is -0.143. The zero-order valence-electron chi connectivity index (χ0n) is 9.14. The van der Waals surface area contributed by atoms with E-state index in [1.165, 1.54) is 12.8 Å². The third kappa shape index (κ3) is 3.93. The molecule has 0 aromatic rings. The van der Waals surface area contributed by atoms with Gasteiger partial charge in [-0.1, -0.05) is 18.9 Å². The van der Waals surface area contributed by atoms with E-state index in [0.717, 1.165) is 25.7 Å². The molecule has 0 radical (unpaired) electrons. The molecule has 1 saturated carbocycles. The van der Waals surface area contributed by atoms with E-state index in [4.69, 9.17) is 11.2 Å². The van der Waals surface area contributed by atoms with Crippen LogP contribution in [0.1, 0.15) is 38.5 Å². The van der Waals surface area contributed by atoms with Crippen LogP contribution in [0.5, 0.6) is 0 Å². The summed E-state index contributed by atoms with van der Waals surface area (Å²) in [7, 11) is 0. The first-order valence-corrected chi connectivity index (χ1v) is 5.02. The minimum absolute atomic E-state index is 0. The summed E-state index contributed by atoms with van der Waals surface area (Å²) in [5.74, 6) is 2.57. The summed E-state index contributed by atoms with van der Waals surface area (Å²) in [4.78, 5) is 0. The van der Waals surface area contributed by atoms with Gasteiger partial charge in [0, 0.05) is 0 Å². The van der Waals surface area contributed by atoms with Crippen LogP contribution in [-0.2, 0) is 4.74 Å². The van der Waals surface area contributed by atoms with Gasteiger partial charge in [-0.3, -0.25) is 0 Å². The van der Waals surface area contributed by atoms with Gasteiger partial charge in [-0.15, -0.1) is 6.58 Å². The SMILES string of the molecule is [C-]#CC1(OCC=C)CCCCCC1.[Li+]. The van der Waals surface area contributed by atoms with Crippen LogP contribution in [0.4, 0.5) is 0 Å². The van der Waals surface area contributed by atoms with Crippen molar-refractivity contribution in [3.8, 4) is 5.92 Å². The largest absolute Gasteiger partial charge is 1.00 e. The van der Waals surface area contributed by atoms with Crippen LogP contribution in [0.3, 0.4) is 0 Å². The maximum Gasteiger partial charge on any atom is 1.00 e. The zero-order valence-corrected chi connectivity index (χ0v) is 9.14. The van der Waals surface area contributed by atoms with E-state index in [2.05, 4.69) is 12.5 Å². The van der Waals surface area contributed by atoms with Crippen LogP contribution in [0.25, 0.3) is 0 Å². The molecule has 1 nitrogen and oxygen atoms in total. The second-order valence-electron chi connectivity index (χ2n) is 3.63. The average Bonchev–Trinajstić information content (AvgIpc) is 2.41. The fraction of sp³-hybridized carbons (Fsp3) is 0.667. The predicted molar refractivity (Wildman–Crippen MR) is 53.7 cm³/mol. The molecule has 0 heterocycles. The molecular formula is C12H17LiO. The molecule has 14 heavy (non-hydrogen) atoms. The maximum absolute atomic E-state index is 7.31. The molecule has 0 saturated heterocycles. The summed E-state index contributed by atoms with van der Waals surface area (Å²) < 4.78 is 5.63. The van der Waals surface area contributed by atoms with Gasteiger partial charge in [-0.05, 0) is 25.7 Å². The number of hydrogen-bond donors (Lipinski definition) is 0. The Labute approximate surface area is 99.5 Å². The predicted octanol–water partition coefficient (Wildman–Crippen LogP) is -0.124. The van der Waals surface area contributed by atoms with Gasteiger partial charge in [0.15, 0.2) is 0 Å². The smallest absolute Gasteiger partial charge is 0.691 e. The van der Waals surface area contributed by atoms with Crippen molar-refractivity contribution >= 4 is 0 Å². The molecule has 0 bridgehead atoms. The molecule has 1 aliphatic carbocycles. The van der Waals surface area contributed by atoms with Gasteiger partial charge in [0.05, 0.1) is 12.2 Å². The Kier molecular flexibility index (Phi) is 7.12. The number of rotatable bonds is 3. The summed E-state index contributed by atoms with van der Waals surface area (Å²) in [6.45, 7) is 4.15. The first kappa shape index (κ1) is 13.9. The minimum atomic E-state index is -0.398. The van der Waals surface area contributed by atoms with Crippen molar-refractivity contribution in [3.63, 3.8) is 0 Å². The molecule has 1 fully saturated rings. The Morgan fingerprint density at radius 2 is 1.86 bits per heavy atom. The van der Waals surface area contributed by atoms with E-state index in [0.29, 0.717) is 6.61 Å². The average molecular weight is 184 g/mol. The van der Waals surface area contributed by atoms with Crippen LogP contribution >= 0.6 is 0 Å². The fourth-order valence-electron chi connectivity index (χ4n) is 1.82. The van der Waals surface area contributed by atoms with Gasteiger partial charge < -0.3 is 17.1 Å². The summed E-state index contributed by atoms with van der Waals surface area (Å²) >= 11 is 0. The van der Waals surface area contributed by atoms with E-state index in [1.807, 2.05) is 0 Å². The van der Waals surface area contributed by atoms with Crippen molar-refractivity contribution in [1.82, 2.24) is 0 Å². The van der Waals surface area contributed by atoms with Crippen LogP contribution in [0.2, 0.25) is 0 Å². The molecule has 0 aliphatic heterocycles. The van der Waals surface area contributed by atoms with Crippen LogP contribution in [0.15, 0.2) is 12.7 Å². The summed E-state index contributed by atoms with van der Waals surface area (Å²) in [6.07, 6.45) is 15.8. The third-order valence-electron chi connectivity index (χ3n) is 2.62. The van der Waals surface area contributed by atoms with Crippen molar-refractivity contribution in [2.24, 2.45) is 0 Å². The molecular weight excluding hydrogens is 167 g/mol. The van der Waals surface area contributed by atoms with E-state index in [1.54, 1.807) is 6.08 Å². The van der Waals surface area contributed by atoms with Crippen molar-refractivity contribution in [2.75, 3.05) is 6.61 Å². The molecule has 72 valence electrons. The first-order valence-electron chi connectivity index (χ1n) is 5.02. The molecule has 0 atom stereocenters. The molecule has 0 N–H and O–H groups in total. The van der Waals surface area contributed by atoms with Crippen LogP contribution < -0.4 is 18.9 Å². The number of hydrogen-bond acceptors (Lipinski definition) is 1. The van der Waals surface area contributed by atoms with Gasteiger partial charge in [-0.25, -0.2) is 0 Å². The Morgan fingerprint density at radius 3 is 2.29 bits per heavy atom. The molecule has 1 rings (SSSR count). The normalized spacial score (nSPS) is 19.9. The summed E-state index contributed by atoms with van der Waals surface area (Å²) in [6, 6.07) is 0. The van der Waals surface area contributed by atoms with Gasteiger partial charge >= 0.3 is 18.9 Å². The van der Waals surface area contributed by atoms with Crippen molar-refractivity contribution in [1.29, 1.82) is 0 Å². The first-order chi connectivity index (χ1) is 6.33. The van der Waals surface area contributed by atoms with Gasteiger partial charge in [0.25, 0.3) is 0 Å². The van der Waals surface area contributed by atoms with Crippen LogP contribution in [0, 0.1) is 12.3 Å². The summed E-state index contributed by atoms with van der Waals surface area (Å²) in [5, 5.41) is 0. The van der Waals surface area contributed by atoms with Gasteiger partial charge in [0.2, 0.25) is 0 Å². The summed E-state index contributed by atoms with van der Waals surface area (Å²) in [5.41, 5.74) is -0.398. The molecule has 2 heteroatoms. The molecule has 0 aromatic heterocycles. The molecule has 1 aliphatic rings. The minimum Gasteiger partial charge on any atom is -0.691 e. The Balaban J connectivity index is 0.00000169. The second-order valence-corrected chi connectivity index (χ2v) is 3.63. The number of ether oxygens (including phenoxy) is 1. The quantitative estimate of drug-likeness (QED) is 0.195. The Bertz CT molecular complexity index is 197. The van der Waals surface area contributed by atoms with Crippen molar-refractivity contribution in [2.45, 2.75) is 44.1 Å². The molecule has 0 unspecified atom stereocenters. The van der Waals surface area contributed by atoms with Crippen molar-refractivity contribution < 1.29 is 23.6 Å². The molecule has 0 amide bonds. The molecule has 0 aromatic carbocycles. The zero-order chi connectivity index (χ0) is 9.57. The van der Waals surface area contributed by atoms with E-state index in [9.17, 15) is 0 Å². The maximum atomic E-state index is 7.31. The fourth-order valence-corrected chi connectivity index (χ4v) is 1.82. The second kappa shape index (κ2) is 7.19. The van der Waals surface area contributed by atoms with Crippen molar-refractivity contribution in [3.05, 3.63) is 19.1 Å².